The van der Waals surface area contributed by atoms with Gasteiger partial charge >= 0.3 is 0 Å². The van der Waals surface area contributed by atoms with Gasteiger partial charge in [-0.05, 0) is 49.8 Å². The molecule has 3 heterocycles. The van der Waals surface area contributed by atoms with Gasteiger partial charge in [0, 0.05) is 23.0 Å². The van der Waals surface area contributed by atoms with Crippen LogP contribution in [0.25, 0.3) is 10.9 Å². The fourth-order valence-corrected chi connectivity index (χ4v) is 4.98. The first kappa shape index (κ1) is 17.3. The summed E-state index contributed by atoms with van der Waals surface area (Å²) in [6.45, 7) is 4.58. The second-order valence-electron chi connectivity index (χ2n) is 7.22. The smallest absolute Gasteiger partial charge is 0.256 e. The van der Waals surface area contributed by atoms with Crippen molar-refractivity contribution >= 4 is 39.8 Å². The minimum atomic E-state index is -0.288. The fourth-order valence-electron chi connectivity index (χ4n) is 4.50. The van der Waals surface area contributed by atoms with Gasteiger partial charge in [-0.2, -0.15) is 0 Å². The molecule has 0 radical (unpaired) electrons. The maximum Gasteiger partial charge on any atom is 0.256 e. The molecule has 1 aromatic heterocycles. The van der Waals surface area contributed by atoms with Gasteiger partial charge in [-0.1, -0.05) is 30.3 Å². The normalized spacial score (nSPS) is 21.2. The molecule has 2 aliphatic rings. The van der Waals surface area contributed by atoms with Crippen molar-refractivity contribution in [2.24, 2.45) is 0 Å². The summed E-state index contributed by atoms with van der Waals surface area (Å²) in [5.41, 5.74) is 4.19. The van der Waals surface area contributed by atoms with Crippen LogP contribution in [0.2, 0.25) is 0 Å². The van der Waals surface area contributed by atoms with Gasteiger partial charge in [-0.25, -0.2) is 0 Å². The molecule has 0 saturated carbocycles. The molecule has 28 heavy (non-hydrogen) atoms. The number of amides is 1. The highest BCUT2D eigenvalue weighted by molar-refractivity contribution is 7.80. The molecule has 142 valence electrons. The summed E-state index contributed by atoms with van der Waals surface area (Å²) >= 11 is 5.79. The number of nitrogens with zero attached hydrogens (tertiary/aromatic N) is 2. The molecule has 6 heteroatoms. The molecule has 5 rings (SSSR count). The van der Waals surface area contributed by atoms with Crippen molar-refractivity contribution in [2.45, 2.75) is 32.4 Å². The van der Waals surface area contributed by atoms with Gasteiger partial charge in [0.15, 0.2) is 5.11 Å². The van der Waals surface area contributed by atoms with Gasteiger partial charge < -0.3 is 14.6 Å². The van der Waals surface area contributed by atoms with E-state index in [9.17, 15) is 4.79 Å². The minimum Gasteiger partial charge on any atom is -0.492 e. The number of carbonyl (C=O) groups is 1. The zero-order valence-corrected chi connectivity index (χ0v) is 16.6. The first-order chi connectivity index (χ1) is 13.6. The summed E-state index contributed by atoms with van der Waals surface area (Å²) in [6.07, 6.45) is 0.649. The highest BCUT2D eigenvalue weighted by Gasteiger charge is 2.49. The van der Waals surface area contributed by atoms with Gasteiger partial charge in [-0.15, -0.1) is 0 Å². The number of rotatable bonds is 3. The lowest BCUT2D eigenvalue weighted by molar-refractivity contribution is -0.120. The number of fused-ring (bicyclic) bond motifs is 4. The first-order valence-corrected chi connectivity index (χ1v) is 10.00. The van der Waals surface area contributed by atoms with Gasteiger partial charge in [-0.3, -0.25) is 9.69 Å². The summed E-state index contributed by atoms with van der Waals surface area (Å²) in [7, 11) is 0. The van der Waals surface area contributed by atoms with Crippen LogP contribution in [0.3, 0.4) is 0 Å². The average Bonchev–Trinajstić information content (AvgIpc) is 3.19. The zero-order valence-electron chi connectivity index (χ0n) is 15.8. The number of ether oxygens (including phenoxy) is 1. The summed E-state index contributed by atoms with van der Waals surface area (Å²) in [4.78, 5) is 20.7. The van der Waals surface area contributed by atoms with Crippen molar-refractivity contribution in [1.29, 1.82) is 0 Å². The highest BCUT2D eigenvalue weighted by atomic mass is 32.1. The summed E-state index contributed by atoms with van der Waals surface area (Å²) in [5, 5.41) is 1.73. The Bertz CT molecular complexity index is 1110. The van der Waals surface area contributed by atoms with Gasteiger partial charge in [0.05, 0.1) is 18.3 Å². The highest BCUT2D eigenvalue weighted by Crippen LogP contribution is 2.43. The molecule has 3 aromatic rings. The third-order valence-corrected chi connectivity index (χ3v) is 6.13. The van der Waals surface area contributed by atoms with Crippen LogP contribution in [0.15, 0.2) is 48.5 Å². The van der Waals surface area contributed by atoms with Crippen molar-refractivity contribution in [3.8, 4) is 5.75 Å². The number of hydrogen-bond donors (Lipinski definition) is 1. The van der Waals surface area contributed by atoms with Crippen LogP contribution in [-0.2, 0) is 11.2 Å². The Hall–Kier alpha value is -2.86. The molecule has 1 saturated heterocycles. The van der Waals surface area contributed by atoms with Gasteiger partial charge in [0.2, 0.25) is 0 Å². The molecule has 1 amide bonds. The van der Waals surface area contributed by atoms with E-state index in [-0.39, 0.29) is 18.0 Å². The number of benzene rings is 2. The third kappa shape index (κ3) is 2.31. The molecule has 2 aromatic carbocycles. The lowest BCUT2D eigenvalue weighted by Crippen LogP contribution is -2.42. The molecule has 5 nitrogen and oxygen atoms in total. The van der Waals surface area contributed by atoms with E-state index in [4.69, 9.17) is 17.0 Å². The maximum absolute atomic E-state index is 13.5. The van der Waals surface area contributed by atoms with E-state index in [1.165, 1.54) is 10.9 Å². The number of aromatic nitrogens is 1. The molecule has 0 aliphatic carbocycles. The van der Waals surface area contributed by atoms with Crippen molar-refractivity contribution < 1.29 is 9.53 Å². The van der Waals surface area contributed by atoms with Crippen molar-refractivity contribution in [3.05, 3.63) is 59.8 Å². The van der Waals surface area contributed by atoms with E-state index in [0.717, 1.165) is 16.9 Å². The van der Waals surface area contributed by atoms with Crippen LogP contribution in [0.4, 0.5) is 5.69 Å². The number of carbonyl (C=O) groups excluding carboxylic acids is 1. The molecule has 0 spiro atoms. The number of H-pyrrole nitrogens is 1. The molecule has 2 atom stereocenters. The van der Waals surface area contributed by atoms with Crippen LogP contribution >= 0.6 is 12.2 Å². The minimum absolute atomic E-state index is 0.00172. The summed E-state index contributed by atoms with van der Waals surface area (Å²) in [5.74, 6) is 0.692. The lowest BCUT2D eigenvalue weighted by atomic mass is 9.93. The third-order valence-electron chi connectivity index (χ3n) is 5.74. The van der Waals surface area contributed by atoms with Crippen LogP contribution in [0, 0.1) is 0 Å². The number of para-hydroxylation sites is 3. The van der Waals surface area contributed by atoms with E-state index < -0.39 is 0 Å². The summed E-state index contributed by atoms with van der Waals surface area (Å²) < 4.78 is 5.75. The van der Waals surface area contributed by atoms with E-state index in [1.807, 2.05) is 43.3 Å². The van der Waals surface area contributed by atoms with E-state index in [1.54, 1.807) is 4.90 Å². The average molecular weight is 391 g/mol. The van der Waals surface area contributed by atoms with Gasteiger partial charge in [0.25, 0.3) is 5.91 Å². The monoisotopic (exact) mass is 391 g/mol. The Morgan fingerprint density at radius 1 is 1.18 bits per heavy atom. The zero-order chi connectivity index (χ0) is 19.4. The topological polar surface area (TPSA) is 48.6 Å². The molecule has 2 aliphatic heterocycles. The number of aromatic amines is 1. The molecule has 1 N–H and O–H groups in total. The number of nitrogens with one attached hydrogen (secondary N) is 1. The first-order valence-electron chi connectivity index (χ1n) is 9.59. The van der Waals surface area contributed by atoms with Crippen LogP contribution in [-0.4, -0.2) is 33.6 Å². The van der Waals surface area contributed by atoms with Crippen LogP contribution in [0.5, 0.6) is 5.75 Å². The predicted molar refractivity (Wildman–Crippen MR) is 114 cm³/mol. The Balaban J connectivity index is 1.59. The van der Waals surface area contributed by atoms with Crippen LogP contribution in [0.1, 0.15) is 31.1 Å². The van der Waals surface area contributed by atoms with E-state index >= 15 is 0 Å². The van der Waals surface area contributed by atoms with Crippen molar-refractivity contribution in [1.82, 2.24) is 9.88 Å². The Morgan fingerprint density at radius 3 is 2.75 bits per heavy atom. The standard InChI is InChI=1S/C22H21N3O2S/c1-3-27-19-11-7-6-10-17(19)25-21(26)18-12-15-14-8-4-5-9-16(14)23-20(15)13(2)24(18)22(25)28/h4-11,13,18,23H,3,12H2,1-2H3/t13-,18-/m0/s1. The largest absolute Gasteiger partial charge is 0.492 e. The number of hydrogen-bond acceptors (Lipinski definition) is 3. The van der Waals surface area contributed by atoms with Crippen LogP contribution < -0.4 is 9.64 Å². The molecule has 0 unspecified atom stereocenters. The van der Waals surface area contributed by atoms with E-state index in [2.05, 4.69) is 28.9 Å². The SMILES string of the molecule is CCOc1ccccc1N1C(=O)[C@@H]2Cc3c([nH]c4ccccc34)[C@H](C)N2C1=S. The lowest BCUT2D eigenvalue weighted by Gasteiger charge is -2.35. The van der Waals surface area contributed by atoms with Crippen molar-refractivity contribution in [2.75, 3.05) is 11.5 Å². The van der Waals surface area contributed by atoms with Crippen molar-refractivity contribution in [3.63, 3.8) is 0 Å². The molecular formula is C22H21N3O2S. The Labute approximate surface area is 168 Å². The quantitative estimate of drug-likeness (QED) is 0.681. The maximum atomic E-state index is 13.5. The fraction of sp³-hybridized carbons (Fsp3) is 0.273. The molecule has 0 bridgehead atoms. The molecule has 1 fully saturated rings. The second-order valence-corrected chi connectivity index (χ2v) is 7.59. The Kier molecular flexibility index (Phi) is 3.91. The predicted octanol–water partition coefficient (Wildman–Crippen LogP) is 4.19. The summed E-state index contributed by atoms with van der Waals surface area (Å²) in [6, 6.07) is 15.6. The van der Waals surface area contributed by atoms with Gasteiger partial charge in [0.1, 0.15) is 11.8 Å². The number of thiocarbonyl (C=S) groups is 1. The second kappa shape index (κ2) is 6.34. The van der Waals surface area contributed by atoms with E-state index in [0.29, 0.717) is 23.9 Å². The number of anilines is 1. The molecular weight excluding hydrogens is 370 g/mol. The Morgan fingerprint density at radius 2 is 1.93 bits per heavy atom.